The molecule has 0 spiro atoms. The van der Waals surface area contributed by atoms with Gasteiger partial charge in [-0.15, -0.1) is 53.6 Å². The van der Waals surface area contributed by atoms with Crippen LogP contribution >= 0.6 is 0 Å². The van der Waals surface area contributed by atoms with E-state index in [9.17, 15) is 0 Å². The summed E-state index contributed by atoms with van der Waals surface area (Å²) in [5.41, 5.74) is 5.21. The van der Waals surface area contributed by atoms with E-state index in [1.54, 1.807) is 36.5 Å². The van der Waals surface area contributed by atoms with Gasteiger partial charge in [-0.1, -0.05) is 124 Å². The molecule has 0 atom stereocenters. The first-order valence-electron chi connectivity index (χ1n) is 22.8. The number of rotatable bonds is 4. The molecule has 0 saturated carbocycles. The third-order valence-corrected chi connectivity index (χ3v) is 9.02. The monoisotopic (exact) mass is 890 g/mol. The Balaban J connectivity index is 0.000000253. The predicted molar refractivity (Wildman–Crippen MR) is 222 cm³/mol. The van der Waals surface area contributed by atoms with Gasteiger partial charge in [0, 0.05) is 58.3 Å². The van der Waals surface area contributed by atoms with Gasteiger partial charge in [-0.2, -0.15) is 0 Å². The van der Waals surface area contributed by atoms with Crippen LogP contribution < -0.4 is 0 Å². The molecule has 3 nitrogen and oxygen atoms in total. The van der Waals surface area contributed by atoms with Crippen molar-refractivity contribution in [1.82, 2.24) is 9.97 Å². The molecule has 3 aromatic heterocycles. The summed E-state index contributed by atoms with van der Waals surface area (Å²) < 4.78 is 92.7. The quantitative estimate of drug-likeness (QED) is 0.131. The van der Waals surface area contributed by atoms with E-state index in [2.05, 4.69) is 58.5 Å². The molecule has 0 aliphatic carbocycles. The van der Waals surface area contributed by atoms with Gasteiger partial charge >= 0.3 is 0 Å². The molecular formula is C50H42IrN2O-2. The fourth-order valence-corrected chi connectivity index (χ4v) is 6.66. The summed E-state index contributed by atoms with van der Waals surface area (Å²) in [6.07, 6.45) is 1.23. The van der Waals surface area contributed by atoms with Crippen molar-refractivity contribution in [2.75, 3.05) is 0 Å². The number of pyridine rings is 2. The molecule has 9 aromatic rings. The van der Waals surface area contributed by atoms with E-state index in [1.807, 2.05) is 51.1 Å². The van der Waals surface area contributed by atoms with Gasteiger partial charge in [0.15, 0.2) is 0 Å². The van der Waals surface area contributed by atoms with E-state index in [-0.39, 0.29) is 36.8 Å². The van der Waals surface area contributed by atoms with Crippen molar-refractivity contribution in [2.45, 2.75) is 47.7 Å². The van der Waals surface area contributed by atoms with Crippen LogP contribution in [0.4, 0.5) is 0 Å². The first-order chi connectivity index (χ1) is 30.0. The Bertz CT molecular complexity index is 3130. The predicted octanol–water partition coefficient (Wildman–Crippen LogP) is 13.5. The van der Waals surface area contributed by atoms with Gasteiger partial charge in [0.25, 0.3) is 0 Å². The molecule has 4 heteroatoms. The number of aryl methyl sites for hydroxylation is 3. The van der Waals surface area contributed by atoms with Crippen LogP contribution in [0, 0.1) is 38.1 Å². The minimum Gasteiger partial charge on any atom is -0.500 e. The van der Waals surface area contributed by atoms with Crippen molar-refractivity contribution >= 4 is 43.5 Å². The second-order valence-electron chi connectivity index (χ2n) is 14.0. The molecule has 1 radical (unpaired) electrons. The summed E-state index contributed by atoms with van der Waals surface area (Å²) in [4.78, 5) is 8.73. The number of nitrogens with zero attached hydrogens (tertiary/aromatic N) is 2. The van der Waals surface area contributed by atoms with Crippen LogP contribution in [0.15, 0.2) is 138 Å². The van der Waals surface area contributed by atoms with Crippen LogP contribution in [-0.2, 0) is 26.5 Å². The van der Waals surface area contributed by atoms with E-state index in [1.165, 1.54) is 30.5 Å². The molecule has 0 aliphatic rings. The Labute approximate surface area is 346 Å². The second kappa shape index (κ2) is 15.1. The summed E-state index contributed by atoms with van der Waals surface area (Å²) in [5, 5.41) is 6.37. The van der Waals surface area contributed by atoms with E-state index in [0.717, 1.165) is 37.9 Å². The average Bonchev–Trinajstić information content (AvgIpc) is 3.64. The first-order valence-corrected chi connectivity index (χ1v) is 17.3. The molecule has 0 fully saturated rings. The Morgan fingerprint density at radius 1 is 0.704 bits per heavy atom. The van der Waals surface area contributed by atoms with Gasteiger partial charge in [0.2, 0.25) is 0 Å². The third kappa shape index (κ3) is 7.50. The minimum atomic E-state index is -2.45. The maximum Gasteiger partial charge on any atom is 0.129 e. The number of hydrogen-bond acceptors (Lipinski definition) is 3. The summed E-state index contributed by atoms with van der Waals surface area (Å²) >= 11 is 0. The zero-order valence-corrected chi connectivity index (χ0v) is 32.2. The third-order valence-electron chi connectivity index (χ3n) is 9.02. The van der Waals surface area contributed by atoms with Crippen molar-refractivity contribution < 1.29 is 39.6 Å². The largest absolute Gasteiger partial charge is 0.500 e. The van der Waals surface area contributed by atoms with Gasteiger partial charge in [0.05, 0.1) is 5.58 Å². The molecule has 269 valence electrons. The maximum atomic E-state index is 8.72. The number of aromatic nitrogens is 2. The van der Waals surface area contributed by atoms with Crippen LogP contribution in [0.1, 0.15) is 58.1 Å². The molecular weight excluding hydrogens is 837 g/mol. The van der Waals surface area contributed by atoms with Crippen LogP contribution in [-0.4, -0.2) is 9.97 Å². The zero-order chi connectivity index (χ0) is 46.0. The summed E-state index contributed by atoms with van der Waals surface area (Å²) in [7, 11) is 0. The van der Waals surface area contributed by atoms with Gasteiger partial charge in [-0.05, 0) is 86.9 Å². The normalized spacial score (nSPS) is 15.4. The van der Waals surface area contributed by atoms with E-state index >= 15 is 0 Å². The van der Waals surface area contributed by atoms with Crippen molar-refractivity contribution in [3.8, 4) is 33.6 Å². The van der Waals surface area contributed by atoms with E-state index in [0.29, 0.717) is 44.8 Å². The summed E-state index contributed by atoms with van der Waals surface area (Å²) in [6.45, 7) is -1.35. The Morgan fingerprint density at radius 2 is 1.52 bits per heavy atom. The second-order valence-corrected chi connectivity index (χ2v) is 14.0. The fourth-order valence-electron chi connectivity index (χ4n) is 6.66. The van der Waals surface area contributed by atoms with Crippen LogP contribution in [0.2, 0.25) is 0 Å². The molecule has 54 heavy (non-hydrogen) atoms. The number of furan rings is 1. The molecule has 0 saturated heterocycles. The number of hydrogen-bond donors (Lipinski definition) is 0. The van der Waals surface area contributed by atoms with Gasteiger partial charge < -0.3 is 14.4 Å². The molecule has 0 unspecified atom stereocenters. The average molecular weight is 890 g/mol. The minimum absolute atomic E-state index is 0. The van der Waals surface area contributed by atoms with Gasteiger partial charge in [0.1, 0.15) is 5.58 Å². The maximum absolute atomic E-state index is 8.72. The summed E-state index contributed by atoms with van der Waals surface area (Å²) in [6, 6.07) is 42.9. The molecule has 3 heterocycles. The number of fused-ring (bicyclic) bond motifs is 7. The molecule has 6 aromatic carbocycles. The van der Waals surface area contributed by atoms with Crippen molar-refractivity contribution in [2.24, 2.45) is 5.41 Å². The van der Waals surface area contributed by atoms with E-state index < -0.39 is 32.3 Å². The van der Waals surface area contributed by atoms with Gasteiger partial charge in [-0.3, -0.25) is 0 Å². The van der Waals surface area contributed by atoms with Gasteiger partial charge in [-0.25, -0.2) is 0 Å². The van der Waals surface area contributed by atoms with Crippen molar-refractivity contribution in [1.29, 1.82) is 0 Å². The van der Waals surface area contributed by atoms with Crippen LogP contribution in [0.5, 0.6) is 0 Å². The molecule has 0 amide bonds. The van der Waals surface area contributed by atoms with E-state index in [4.69, 9.17) is 19.5 Å². The molecule has 9 rings (SSSR count). The van der Waals surface area contributed by atoms with Crippen LogP contribution in [0.25, 0.3) is 77.1 Å². The molecule has 0 N–H and O–H groups in total. The van der Waals surface area contributed by atoms with Crippen molar-refractivity contribution in [3.63, 3.8) is 0 Å². The Morgan fingerprint density at radius 3 is 2.30 bits per heavy atom. The van der Waals surface area contributed by atoms with Crippen molar-refractivity contribution in [3.05, 3.63) is 168 Å². The SMILES string of the molecule is [2H]C([2H])([2H])c1c[c-]c(-c2ccc(C([2H])([2H])[2H])cn2)cc1.[2H]C([2H])([2H])c1cc(C([2H])([2H])C(C)(C)C)ccc1-c1ccnc(-c2[c-]ccc3c2oc2c3ccc3ccc4ccccc4c32)c1.[Ir]. The first kappa shape index (κ1) is 25.6. The fraction of sp³-hybridized carbons (Fsp3) is 0.160. The summed E-state index contributed by atoms with van der Waals surface area (Å²) in [5.74, 6) is 0. The number of benzene rings is 6. The topological polar surface area (TPSA) is 38.9 Å². The Hall–Kier alpha value is -5.41. The Kier molecular flexibility index (Phi) is 7.17. The smallest absolute Gasteiger partial charge is 0.129 e. The zero-order valence-electron chi connectivity index (χ0n) is 40.8. The molecule has 0 aliphatic heterocycles. The standard InChI is InChI=1S/C37H30NO.C13H12N.Ir/c1-23-20-24(22-37(2,3)4)12-16-28(23)27-18-19-38-33(21-27)32-11-7-10-30-31-17-15-26-14-13-25-8-5-6-9-29(25)34(26)36(31)39-35(30)32;1-10-3-6-12(7-4-10)13-8-5-11(2)9-14-13;/h5-10,12-21H,22H2,1-4H3;3-6,8-9H,1-2H3;/q2*-1;/i1D3,22D2;1D3,2D3;. The molecule has 0 bridgehead atoms. The van der Waals surface area contributed by atoms with Crippen LogP contribution in [0.3, 0.4) is 0 Å².